The number of nitrogens with one attached hydrogen (secondary N) is 1. The van der Waals surface area contributed by atoms with Crippen LogP contribution in [0.2, 0.25) is 0 Å². The molecule has 0 bridgehead atoms. The summed E-state index contributed by atoms with van der Waals surface area (Å²) in [6.07, 6.45) is -0.222. The Kier molecular flexibility index (Phi) is 4.68. The maximum atomic E-state index is 12.3. The number of carbonyl (C=O) groups is 2. The normalized spacial score (nSPS) is 10.7. The van der Waals surface area contributed by atoms with Crippen molar-refractivity contribution in [3.05, 3.63) is 63.5 Å². The third-order valence-electron chi connectivity index (χ3n) is 4.32. The molecule has 2 aromatic carbocycles. The van der Waals surface area contributed by atoms with E-state index in [2.05, 4.69) is 5.32 Å². The second kappa shape index (κ2) is 6.95. The molecule has 0 saturated carbocycles. The lowest BCUT2D eigenvalue weighted by molar-refractivity contribution is -0.115. The monoisotopic (exact) mass is 367 g/mol. The van der Waals surface area contributed by atoms with E-state index in [-0.39, 0.29) is 23.4 Å². The Hall–Kier alpha value is -3.61. The van der Waals surface area contributed by atoms with Crippen molar-refractivity contribution in [3.8, 4) is 11.5 Å². The smallest absolute Gasteiger partial charge is 0.340 e. The summed E-state index contributed by atoms with van der Waals surface area (Å²) in [4.78, 5) is 35.8. The van der Waals surface area contributed by atoms with E-state index in [1.807, 2.05) is 0 Å². The molecule has 0 unspecified atom stereocenters. The molecular formula is C20H17NO6. The zero-order valence-electron chi connectivity index (χ0n) is 14.7. The number of hydrogen-bond donors (Lipinski definition) is 3. The summed E-state index contributed by atoms with van der Waals surface area (Å²) in [6, 6.07) is 9.19. The predicted molar refractivity (Wildman–Crippen MR) is 99.3 cm³/mol. The molecule has 1 heterocycles. The van der Waals surface area contributed by atoms with Crippen LogP contribution in [0, 0.1) is 6.92 Å². The minimum atomic E-state index is -0.761. The molecule has 0 fully saturated rings. The number of ketones is 1. The van der Waals surface area contributed by atoms with Gasteiger partial charge in [0.25, 0.3) is 0 Å². The van der Waals surface area contributed by atoms with Crippen LogP contribution in [0.4, 0.5) is 5.69 Å². The van der Waals surface area contributed by atoms with E-state index in [1.54, 1.807) is 31.2 Å². The van der Waals surface area contributed by atoms with Crippen LogP contribution in [-0.4, -0.2) is 21.9 Å². The van der Waals surface area contributed by atoms with Crippen molar-refractivity contribution in [3.63, 3.8) is 0 Å². The second-order valence-electron chi connectivity index (χ2n) is 6.16. The van der Waals surface area contributed by atoms with Crippen LogP contribution in [0.5, 0.6) is 11.5 Å². The van der Waals surface area contributed by atoms with E-state index in [0.29, 0.717) is 22.2 Å². The van der Waals surface area contributed by atoms with Gasteiger partial charge in [0.1, 0.15) is 0 Å². The first-order valence-electron chi connectivity index (χ1n) is 8.16. The molecule has 0 spiro atoms. The maximum absolute atomic E-state index is 12.3. The Morgan fingerprint density at radius 1 is 1.07 bits per heavy atom. The van der Waals surface area contributed by atoms with Gasteiger partial charge in [0.05, 0.1) is 12.0 Å². The van der Waals surface area contributed by atoms with E-state index < -0.39 is 23.0 Å². The van der Waals surface area contributed by atoms with Gasteiger partial charge in [0.2, 0.25) is 11.7 Å². The van der Waals surface area contributed by atoms with Crippen molar-refractivity contribution in [1.29, 1.82) is 0 Å². The summed E-state index contributed by atoms with van der Waals surface area (Å²) in [7, 11) is 0. The molecule has 3 rings (SSSR count). The van der Waals surface area contributed by atoms with E-state index in [9.17, 15) is 24.6 Å². The van der Waals surface area contributed by atoms with Crippen molar-refractivity contribution in [1.82, 2.24) is 0 Å². The predicted octanol–water partition coefficient (Wildman–Crippen LogP) is 2.90. The summed E-state index contributed by atoms with van der Waals surface area (Å²) in [6.45, 7) is 3.09. The highest BCUT2D eigenvalue weighted by molar-refractivity contribution is 5.96. The van der Waals surface area contributed by atoms with Crippen LogP contribution >= 0.6 is 0 Å². The molecular weight excluding hydrogens is 350 g/mol. The molecule has 27 heavy (non-hydrogen) atoms. The number of amides is 1. The first-order chi connectivity index (χ1) is 12.8. The third-order valence-corrected chi connectivity index (χ3v) is 4.32. The highest BCUT2D eigenvalue weighted by Crippen LogP contribution is 2.34. The number of phenols is 2. The molecule has 7 nitrogen and oxygen atoms in total. The van der Waals surface area contributed by atoms with Gasteiger partial charge in [0.15, 0.2) is 17.1 Å². The van der Waals surface area contributed by atoms with Crippen LogP contribution in [-0.2, 0) is 11.2 Å². The fraction of sp³-hybridized carbons (Fsp3) is 0.150. The van der Waals surface area contributed by atoms with Crippen molar-refractivity contribution in [2.24, 2.45) is 0 Å². The molecule has 0 aliphatic carbocycles. The number of Topliss-reactive ketones (excluding diaryl/α,β-unsaturated/α-hetero) is 1. The molecule has 0 saturated heterocycles. The van der Waals surface area contributed by atoms with Crippen LogP contribution in [0.25, 0.3) is 11.0 Å². The molecule has 0 radical (unpaired) electrons. The number of hydrogen-bond acceptors (Lipinski definition) is 6. The molecule has 1 amide bonds. The van der Waals surface area contributed by atoms with Gasteiger partial charge >= 0.3 is 5.63 Å². The minimum Gasteiger partial charge on any atom is -0.504 e. The molecule has 3 aromatic rings. The Morgan fingerprint density at radius 2 is 1.74 bits per heavy atom. The second-order valence-corrected chi connectivity index (χ2v) is 6.16. The summed E-state index contributed by atoms with van der Waals surface area (Å²) < 4.78 is 5.10. The summed E-state index contributed by atoms with van der Waals surface area (Å²) in [5.41, 5.74) is 0.783. The lowest BCUT2D eigenvalue weighted by Crippen LogP contribution is -2.20. The van der Waals surface area contributed by atoms with Gasteiger partial charge in [-0.15, -0.1) is 0 Å². The molecule has 0 aliphatic heterocycles. The van der Waals surface area contributed by atoms with Crippen LogP contribution in [0.15, 0.2) is 45.6 Å². The number of aryl methyl sites for hydroxylation is 1. The van der Waals surface area contributed by atoms with Gasteiger partial charge < -0.3 is 19.9 Å². The first kappa shape index (κ1) is 18.2. The van der Waals surface area contributed by atoms with Crippen LogP contribution in [0.3, 0.4) is 0 Å². The number of carbonyl (C=O) groups excluding carboxylic acids is 2. The van der Waals surface area contributed by atoms with Crippen molar-refractivity contribution >= 4 is 28.3 Å². The van der Waals surface area contributed by atoms with Gasteiger partial charge in [-0.1, -0.05) is 0 Å². The van der Waals surface area contributed by atoms with E-state index in [0.717, 1.165) is 0 Å². The van der Waals surface area contributed by atoms with Crippen LogP contribution < -0.4 is 10.9 Å². The number of fused-ring (bicyclic) bond motifs is 1. The average Bonchev–Trinajstić information content (AvgIpc) is 2.62. The first-order valence-corrected chi connectivity index (χ1v) is 8.16. The summed E-state index contributed by atoms with van der Waals surface area (Å²) in [5.74, 6) is -1.42. The van der Waals surface area contributed by atoms with E-state index in [4.69, 9.17) is 4.42 Å². The highest BCUT2D eigenvalue weighted by Gasteiger charge is 2.18. The van der Waals surface area contributed by atoms with Gasteiger partial charge in [-0.25, -0.2) is 4.79 Å². The number of aromatic hydroxyl groups is 2. The van der Waals surface area contributed by atoms with Crippen molar-refractivity contribution in [2.45, 2.75) is 20.3 Å². The molecule has 7 heteroatoms. The molecule has 138 valence electrons. The quantitative estimate of drug-likeness (QED) is 0.371. The van der Waals surface area contributed by atoms with Gasteiger partial charge in [-0.05, 0) is 55.8 Å². The van der Waals surface area contributed by atoms with E-state index in [1.165, 1.54) is 19.1 Å². The van der Waals surface area contributed by atoms with Crippen LogP contribution in [0.1, 0.15) is 28.4 Å². The molecule has 0 aliphatic rings. The fourth-order valence-electron chi connectivity index (χ4n) is 2.79. The fourth-order valence-corrected chi connectivity index (χ4v) is 2.79. The van der Waals surface area contributed by atoms with E-state index >= 15 is 0 Å². The van der Waals surface area contributed by atoms with Crippen molar-refractivity contribution in [2.75, 3.05) is 5.32 Å². The third kappa shape index (κ3) is 3.52. The highest BCUT2D eigenvalue weighted by atomic mass is 16.4. The lowest BCUT2D eigenvalue weighted by atomic mass is 10.0. The molecule has 0 atom stereocenters. The standard InChI is InChI=1S/C20H17NO6/c1-10-14-7-8-16(23)18(25)19(14)27-20(26)15(10)9-17(24)21-13-5-3-12(4-6-13)11(2)22/h3-8,23,25H,9H2,1-2H3,(H,21,24). The lowest BCUT2D eigenvalue weighted by Gasteiger charge is -2.10. The number of phenolic OH excluding ortho intramolecular Hbond substituents is 2. The Morgan fingerprint density at radius 3 is 2.37 bits per heavy atom. The number of benzene rings is 2. The van der Waals surface area contributed by atoms with Crippen molar-refractivity contribution < 1.29 is 24.2 Å². The summed E-state index contributed by atoms with van der Waals surface area (Å²) >= 11 is 0. The van der Waals surface area contributed by atoms with Gasteiger partial charge in [-0.3, -0.25) is 9.59 Å². The Bertz CT molecular complexity index is 1110. The Balaban J connectivity index is 1.87. The van der Waals surface area contributed by atoms with Gasteiger partial charge in [0, 0.05) is 16.6 Å². The zero-order chi connectivity index (χ0) is 19.7. The Labute approximate surface area is 153 Å². The maximum Gasteiger partial charge on any atom is 0.340 e. The number of anilines is 1. The van der Waals surface area contributed by atoms with Gasteiger partial charge in [-0.2, -0.15) is 0 Å². The molecule has 1 aromatic heterocycles. The SMILES string of the molecule is CC(=O)c1ccc(NC(=O)Cc2c(C)c3ccc(O)c(O)c3oc2=O)cc1. The zero-order valence-corrected chi connectivity index (χ0v) is 14.7. The summed E-state index contributed by atoms with van der Waals surface area (Å²) in [5, 5.41) is 22.5. The average molecular weight is 367 g/mol. The molecule has 3 N–H and O–H groups in total. The number of rotatable bonds is 4. The topological polar surface area (TPSA) is 117 Å². The minimum absolute atomic E-state index is 0.0773. The largest absolute Gasteiger partial charge is 0.504 e.